The monoisotopic (exact) mass is 151 g/mol. The zero-order valence-corrected chi connectivity index (χ0v) is 7.98. The molecule has 11 heavy (non-hydrogen) atoms. The highest BCUT2D eigenvalue weighted by atomic mass is 14.2. The van der Waals surface area contributed by atoms with Crippen molar-refractivity contribution in [1.82, 2.24) is 0 Å². The average Bonchev–Trinajstić information content (AvgIpc) is 1.85. The van der Waals surface area contributed by atoms with E-state index in [1.165, 1.54) is 25.7 Å². The summed E-state index contributed by atoms with van der Waals surface area (Å²) in [5.74, 6) is 1.74. The molecule has 0 bridgehead atoms. The quantitative estimate of drug-likeness (QED) is 0.501. The molecule has 1 rings (SSSR count). The highest BCUT2D eigenvalue weighted by Crippen LogP contribution is 2.32. The fourth-order valence-corrected chi connectivity index (χ4v) is 1.67. The third-order valence-electron chi connectivity index (χ3n) is 2.02. The van der Waals surface area contributed by atoms with E-state index in [-0.39, 0.29) is 0 Å². The van der Waals surface area contributed by atoms with Crippen LogP contribution in [0.25, 0.3) is 0 Å². The van der Waals surface area contributed by atoms with E-state index in [0.717, 1.165) is 0 Å². The summed E-state index contributed by atoms with van der Waals surface area (Å²) < 4.78 is 0. The number of rotatable bonds is 1. The van der Waals surface area contributed by atoms with Gasteiger partial charge in [-0.25, -0.2) is 0 Å². The molecular formula is C11H19. The van der Waals surface area contributed by atoms with Crippen molar-refractivity contribution in [2.24, 2.45) is 5.41 Å². The van der Waals surface area contributed by atoms with Crippen LogP contribution in [0.1, 0.15) is 46.5 Å². The van der Waals surface area contributed by atoms with Gasteiger partial charge >= 0.3 is 0 Å². The van der Waals surface area contributed by atoms with Crippen LogP contribution in [-0.2, 0) is 0 Å². The van der Waals surface area contributed by atoms with Crippen LogP contribution in [0.4, 0.5) is 0 Å². The Balaban J connectivity index is 2.32. The van der Waals surface area contributed by atoms with Gasteiger partial charge in [-0.2, -0.15) is 0 Å². The van der Waals surface area contributed by atoms with Crippen LogP contribution in [0.2, 0.25) is 0 Å². The number of allylic oxidation sites excluding steroid dienone is 2. The minimum Gasteiger partial charge on any atom is -0.0885 e. The summed E-state index contributed by atoms with van der Waals surface area (Å²) in [5, 5.41) is 0. The van der Waals surface area contributed by atoms with E-state index in [1.807, 2.05) is 0 Å². The molecule has 0 amide bonds. The van der Waals surface area contributed by atoms with Gasteiger partial charge < -0.3 is 0 Å². The second-order valence-electron chi connectivity index (χ2n) is 4.70. The molecule has 0 saturated heterocycles. The molecule has 0 nitrogen and oxygen atoms in total. The Bertz CT molecular complexity index is 137. The molecule has 1 aliphatic rings. The van der Waals surface area contributed by atoms with Gasteiger partial charge in [0.1, 0.15) is 0 Å². The molecule has 0 heteroatoms. The summed E-state index contributed by atoms with van der Waals surface area (Å²) in [6, 6.07) is 0. The van der Waals surface area contributed by atoms with Crippen molar-refractivity contribution in [2.75, 3.05) is 0 Å². The van der Waals surface area contributed by atoms with Crippen LogP contribution in [0.5, 0.6) is 0 Å². The maximum absolute atomic E-state index is 2.32. The van der Waals surface area contributed by atoms with Gasteiger partial charge in [-0.15, -0.1) is 0 Å². The number of hydrogen-bond acceptors (Lipinski definition) is 0. The Morgan fingerprint density at radius 2 is 2.00 bits per heavy atom. The second-order valence-corrected chi connectivity index (χ2v) is 4.70. The van der Waals surface area contributed by atoms with Crippen LogP contribution < -0.4 is 0 Å². The lowest BCUT2D eigenvalue weighted by molar-refractivity contribution is 0.372. The summed E-state index contributed by atoms with van der Waals surface area (Å²) >= 11 is 0. The van der Waals surface area contributed by atoms with Crippen LogP contribution in [-0.4, -0.2) is 0 Å². The molecule has 0 aromatic rings. The molecule has 0 fully saturated rings. The SMILES string of the molecule is CC(C)(C)C[C]1CC=CCC1. The van der Waals surface area contributed by atoms with Gasteiger partial charge in [-0.3, -0.25) is 0 Å². The van der Waals surface area contributed by atoms with E-state index in [0.29, 0.717) is 5.41 Å². The largest absolute Gasteiger partial charge is 0.0885 e. The predicted molar refractivity (Wildman–Crippen MR) is 50.3 cm³/mol. The lowest BCUT2D eigenvalue weighted by atomic mass is 9.80. The van der Waals surface area contributed by atoms with Gasteiger partial charge in [0, 0.05) is 0 Å². The molecule has 63 valence electrons. The lowest BCUT2D eigenvalue weighted by Gasteiger charge is -2.26. The van der Waals surface area contributed by atoms with Crippen molar-refractivity contribution in [2.45, 2.75) is 46.5 Å². The van der Waals surface area contributed by atoms with Gasteiger partial charge in [0.2, 0.25) is 0 Å². The van der Waals surface area contributed by atoms with Crippen molar-refractivity contribution in [3.8, 4) is 0 Å². The normalized spacial score (nSPS) is 20.6. The third kappa shape index (κ3) is 3.60. The zero-order valence-electron chi connectivity index (χ0n) is 7.98. The molecule has 0 aliphatic heterocycles. The minimum atomic E-state index is 0.487. The van der Waals surface area contributed by atoms with Crippen LogP contribution in [0.3, 0.4) is 0 Å². The van der Waals surface area contributed by atoms with Gasteiger partial charge in [0.05, 0.1) is 0 Å². The van der Waals surface area contributed by atoms with Gasteiger partial charge in [-0.1, -0.05) is 32.9 Å². The minimum absolute atomic E-state index is 0.487. The zero-order chi connectivity index (χ0) is 8.32. The molecule has 0 N–H and O–H groups in total. The predicted octanol–water partition coefficient (Wildman–Crippen LogP) is 3.74. The van der Waals surface area contributed by atoms with Crippen LogP contribution >= 0.6 is 0 Å². The molecular weight excluding hydrogens is 132 g/mol. The lowest BCUT2D eigenvalue weighted by Crippen LogP contribution is -2.12. The van der Waals surface area contributed by atoms with Crippen molar-refractivity contribution in [1.29, 1.82) is 0 Å². The highest BCUT2D eigenvalue weighted by molar-refractivity contribution is 5.06. The van der Waals surface area contributed by atoms with Crippen molar-refractivity contribution in [3.63, 3.8) is 0 Å². The first-order chi connectivity index (χ1) is 5.08. The molecule has 0 aromatic carbocycles. The summed E-state index contributed by atoms with van der Waals surface area (Å²) in [6.07, 6.45) is 9.74. The smallest absolute Gasteiger partial charge is 0.0195 e. The van der Waals surface area contributed by atoms with Gasteiger partial charge in [0.15, 0.2) is 0 Å². The Morgan fingerprint density at radius 1 is 1.27 bits per heavy atom. The van der Waals surface area contributed by atoms with E-state index >= 15 is 0 Å². The first kappa shape index (κ1) is 8.83. The Morgan fingerprint density at radius 3 is 2.45 bits per heavy atom. The summed E-state index contributed by atoms with van der Waals surface area (Å²) in [7, 11) is 0. The second kappa shape index (κ2) is 3.42. The number of hydrogen-bond donors (Lipinski definition) is 0. The third-order valence-corrected chi connectivity index (χ3v) is 2.02. The summed E-state index contributed by atoms with van der Waals surface area (Å²) in [6.45, 7) is 6.95. The molecule has 0 atom stereocenters. The molecule has 0 aromatic heterocycles. The first-order valence-electron chi connectivity index (χ1n) is 4.56. The van der Waals surface area contributed by atoms with Gasteiger partial charge in [0.25, 0.3) is 0 Å². The van der Waals surface area contributed by atoms with Crippen LogP contribution in [0, 0.1) is 11.3 Å². The standard InChI is InChI=1S/C11H19/c1-11(2,3)9-10-7-5-4-6-8-10/h4-5H,6-9H2,1-3H3. The van der Waals surface area contributed by atoms with E-state index in [1.54, 1.807) is 5.92 Å². The Labute approximate surface area is 70.7 Å². The first-order valence-corrected chi connectivity index (χ1v) is 4.56. The molecule has 0 spiro atoms. The average molecular weight is 151 g/mol. The van der Waals surface area contributed by atoms with Crippen molar-refractivity contribution < 1.29 is 0 Å². The Kier molecular flexibility index (Phi) is 2.75. The van der Waals surface area contributed by atoms with Crippen LogP contribution in [0.15, 0.2) is 12.2 Å². The van der Waals surface area contributed by atoms with E-state index in [4.69, 9.17) is 0 Å². The highest BCUT2D eigenvalue weighted by Gasteiger charge is 2.18. The van der Waals surface area contributed by atoms with Gasteiger partial charge in [-0.05, 0) is 37.0 Å². The molecule has 0 heterocycles. The topological polar surface area (TPSA) is 0 Å². The maximum Gasteiger partial charge on any atom is -0.0195 e. The molecule has 1 aliphatic carbocycles. The molecule has 0 unspecified atom stereocenters. The molecule has 0 saturated carbocycles. The Hall–Kier alpha value is -0.260. The summed E-state index contributed by atoms with van der Waals surface area (Å²) in [5.41, 5.74) is 0.487. The fourth-order valence-electron chi connectivity index (χ4n) is 1.67. The molecule has 1 radical (unpaired) electrons. The maximum atomic E-state index is 2.32. The van der Waals surface area contributed by atoms with E-state index < -0.39 is 0 Å². The van der Waals surface area contributed by atoms with E-state index in [9.17, 15) is 0 Å². The summed E-state index contributed by atoms with van der Waals surface area (Å²) in [4.78, 5) is 0. The van der Waals surface area contributed by atoms with E-state index in [2.05, 4.69) is 32.9 Å². The fraction of sp³-hybridized carbons (Fsp3) is 0.727. The van der Waals surface area contributed by atoms with Crippen molar-refractivity contribution >= 4 is 0 Å². The van der Waals surface area contributed by atoms with Crippen molar-refractivity contribution in [3.05, 3.63) is 18.1 Å².